The summed E-state index contributed by atoms with van der Waals surface area (Å²) in [6.45, 7) is 1.58. The third kappa shape index (κ3) is 2.69. The highest BCUT2D eigenvalue weighted by molar-refractivity contribution is 5.94. The molecule has 1 rings (SSSR count). The number of carbonyl (C=O) groups is 2. The van der Waals surface area contributed by atoms with Crippen molar-refractivity contribution in [2.24, 2.45) is 0 Å². The van der Waals surface area contributed by atoms with E-state index < -0.39 is 11.9 Å². The van der Waals surface area contributed by atoms with Crippen LogP contribution in [0.5, 0.6) is 0 Å². The van der Waals surface area contributed by atoms with E-state index in [9.17, 15) is 9.59 Å². The van der Waals surface area contributed by atoms with Crippen molar-refractivity contribution in [1.29, 1.82) is 0 Å². The van der Waals surface area contributed by atoms with Crippen molar-refractivity contribution in [3.05, 3.63) is 5.82 Å². The molecule has 2 amide bonds. The number of aromatic nitrogens is 3. The maximum atomic E-state index is 11.5. The van der Waals surface area contributed by atoms with E-state index in [1.54, 1.807) is 21.0 Å². The fourth-order valence-corrected chi connectivity index (χ4v) is 1.09. The molecule has 0 saturated heterocycles. The Bertz CT molecular complexity index is 399. The minimum Gasteiger partial charge on any atom is -0.366 e. The highest BCUT2D eigenvalue weighted by Crippen LogP contribution is 1.95. The van der Waals surface area contributed by atoms with E-state index in [-0.39, 0.29) is 17.7 Å². The van der Waals surface area contributed by atoms with Crippen molar-refractivity contribution >= 4 is 17.8 Å². The van der Waals surface area contributed by atoms with Gasteiger partial charge in [0, 0.05) is 14.1 Å². The third-order valence-corrected chi connectivity index (χ3v) is 1.88. The molecule has 88 valence electrons. The molecule has 8 heteroatoms. The first-order chi connectivity index (χ1) is 7.41. The fraction of sp³-hybridized carbons (Fsp3) is 0.500. The van der Waals surface area contributed by atoms with Crippen LogP contribution in [0.3, 0.4) is 0 Å². The number of likely N-dealkylation sites (N-methyl/N-ethyl adjacent to an activating group) is 1. The molecule has 1 unspecified atom stereocenters. The Morgan fingerprint density at radius 2 is 2.12 bits per heavy atom. The molecule has 1 aromatic heterocycles. The van der Waals surface area contributed by atoms with Crippen molar-refractivity contribution in [3.8, 4) is 0 Å². The summed E-state index contributed by atoms with van der Waals surface area (Å²) < 4.78 is 0. The van der Waals surface area contributed by atoms with Crippen molar-refractivity contribution in [2.45, 2.75) is 13.0 Å². The second-order valence-electron chi connectivity index (χ2n) is 3.47. The van der Waals surface area contributed by atoms with Crippen LogP contribution in [0.4, 0.5) is 5.95 Å². The van der Waals surface area contributed by atoms with Crippen molar-refractivity contribution in [1.82, 2.24) is 25.4 Å². The largest absolute Gasteiger partial charge is 0.366 e. The molecule has 0 aromatic carbocycles. The van der Waals surface area contributed by atoms with Crippen LogP contribution in [0.2, 0.25) is 0 Å². The summed E-state index contributed by atoms with van der Waals surface area (Å²) in [6.07, 6.45) is 0. The Hall–Kier alpha value is -2.12. The lowest BCUT2D eigenvalue weighted by Crippen LogP contribution is -2.44. The zero-order chi connectivity index (χ0) is 12.3. The van der Waals surface area contributed by atoms with E-state index in [0.29, 0.717) is 0 Å². The number of amides is 2. The fourth-order valence-electron chi connectivity index (χ4n) is 1.09. The van der Waals surface area contributed by atoms with Crippen LogP contribution in [0, 0.1) is 0 Å². The number of nitrogens with one attached hydrogen (secondary N) is 2. The van der Waals surface area contributed by atoms with Crippen molar-refractivity contribution < 1.29 is 9.59 Å². The number of nitrogens with zero attached hydrogens (tertiary/aromatic N) is 3. The highest BCUT2D eigenvalue weighted by atomic mass is 16.2. The second-order valence-corrected chi connectivity index (χ2v) is 3.47. The first-order valence-electron chi connectivity index (χ1n) is 4.61. The van der Waals surface area contributed by atoms with Gasteiger partial charge in [0.25, 0.3) is 5.91 Å². The zero-order valence-electron chi connectivity index (χ0n) is 9.31. The predicted molar refractivity (Wildman–Crippen MR) is 56.4 cm³/mol. The minimum absolute atomic E-state index is 0.0169. The molecule has 1 aromatic rings. The number of nitrogen functional groups attached to an aromatic ring is 1. The van der Waals surface area contributed by atoms with Crippen molar-refractivity contribution in [3.63, 3.8) is 0 Å². The normalized spacial score (nSPS) is 11.9. The van der Waals surface area contributed by atoms with Crippen LogP contribution in [-0.4, -0.2) is 52.0 Å². The molecular formula is C8H14N6O2. The molecule has 0 fully saturated rings. The summed E-state index contributed by atoms with van der Waals surface area (Å²) in [7, 11) is 3.22. The Morgan fingerprint density at radius 3 is 2.56 bits per heavy atom. The molecule has 0 bridgehead atoms. The van der Waals surface area contributed by atoms with E-state index in [4.69, 9.17) is 5.73 Å². The number of hydrogen-bond acceptors (Lipinski definition) is 5. The molecule has 1 heterocycles. The predicted octanol–water partition coefficient (Wildman–Crippen LogP) is -1.41. The van der Waals surface area contributed by atoms with Gasteiger partial charge in [0.2, 0.25) is 17.7 Å². The van der Waals surface area contributed by atoms with Gasteiger partial charge in [-0.05, 0) is 6.92 Å². The molecule has 0 aliphatic rings. The molecule has 4 N–H and O–H groups in total. The Kier molecular flexibility index (Phi) is 3.44. The summed E-state index contributed by atoms with van der Waals surface area (Å²) in [5.41, 5.74) is 5.25. The van der Waals surface area contributed by atoms with E-state index in [1.807, 2.05) is 0 Å². The topological polar surface area (TPSA) is 117 Å². The lowest BCUT2D eigenvalue weighted by atomic mass is 10.3. The maximum absolute atomic E-state index is 11.5. The van der Waals surface area contributed by atoms with Gasteiger partial charge in [-0.2, -0.15) is 4.98 Å². The quantitative estimate of drug-likeness (QED) is 0.585. The number of H-pyrrole nitrogens is 1. The number of hydrogen-bond donors (Lipinski definition) is 3. The Balaban J connectivity index is 2.61. The van der Waals surface area contributed by atoms with Crippen LogP contribution in [-0.2, 0) is 4.79 Å². The van der Waals surface area contributed by atoms with E-state index in [1.165, 1.54) is 4.90 Å². The molecule has 8 nitrogen and oxygen atoms in total. The number of nitrogens with two attached hydrogens (primary N) is 1. The molecule has 0 saturated carbocycles. The molecule has 0 radical (unpaired) electrons. The van der Waals surface area contributed by atoms with Gasteiger partial charge in [0.15, 0.2) is 0 Å². The van der Waals surface area contributed by atoms with Gasteiger partial charge >= 0.3 is 0 Å². The second kappa shape index (κ2) is 4.60. The first-order valence-corrected chi connectivity index (χ1v) is 4.61. The molecule has 1 atom stereocenters. The van der Waals surface area contributed by atoms with Crippen molar-refractivity contribution in [2.75, 3.05) is 19.8 Å². The van der Waals surface area contributed by atoms with Crippen LogP contribution >= 0.6 is 0 Å². The summed E-state index contributed by atoms with van der Waals surface area (Å²) in [6, 6.07) is -0.631. The van der Waals surface area contributed by atoms with Gasteiger partial charge in [-0.3, -0.25) is 14.7 Å². The lowest BCUT2D eigenvalue weighted by molar-refractivity contribution is -0.130. The van der Waals surface area contributed by atoms with Gasteiger partial charge in [-0.25, -0.2) is 0 Å². The smallest absolute Gasteiger partial charge is 0.289 e. The van der Waals surface area contributed by atoms with Gasteiger partial charge in [-0.1, -0.05) is 0 Å². The Morgan fingerprint density at radius 1 is 1.50 bits per heavy atom. The summed E-state index contributed by atoms with van der Waals surface area (Å²) in [5.74, 6) is -0.764. The molecule has 0 aliphatic heterocycles. The van der Waals surface area contributed by atoms with Crippen LogP contribution < -0.4 is 11.1 Å². The molecule has 0 spiro atoms. The van der Waals surface area contributed by atoms with Gasteiger partial charge < -0.3 is 16.0 Å². The van der Waals surface area contributed by atoms with Gasteiger partial charge in [-0.15, -0.1) is 5.10 Å². The average Bonchev–Trinajstić information content (AvgIpc) is 2.63. The summed E-state index contributed by atoms with van der Waals surface area (Å²) in [4.78, 5) is 28.0. The van der Waals surface area contributed by atoms with E-state index in [0.717, 1.165) is 0 Å². The standard InChI is InChI=1S/C8H14N6O2/c1-4(7(16)14(2)3)10-6(15)5-11-8(9)13-12-5/h4H,1-3H3,(H,10,15)(H3,9,11,12,13). The SMILES string of the molecule is CC(NC(=O)c1nc(N)n[nH]1)C(=O)N(C)C. The number of anilines is 1. The zero-order valence-corrected chi connectivity index (χ0v) is 9.31. The van der Waals surface area contributed by atoms with E-state index in [2.05, 4.69) is 20.5 Å². The number of carbonyl (C=O) groups excluding carboxylic acids is 2. The molecule has 16 heavy (non-hydrogen) atoms. The summed E-state index contributed by atoms with van der Waals surface area (Å²) in [5, 5.41) is 8.34. The lowest BCUT2D eigenvalue weighted by Gasteiger charge is -2.17. The van der Waals surface area contributed by atoms with Crippen LogP contribution in [0.25, 0.3) is 0 Å². The molecule has 0 aliphatic carbocycles. The third-order valence-electron chi connectivity index (χ3n) is 1.88. The monoisotopic (exact) mass is 226 g/mol. The number of aromatic amines is 1. The molecular weight excluding hydrogens is 212 g/mol. The van der Waals surface area contributed by atoms with Crippen LogP contribution in [0.15, 0.2) is 0 Å². The Labute approximate surface area is 92.2 Å². The first kappa shape index (κ1) is 12.0. The van der Waals surface area contributed by atoms with Crippen LogP contribution in [0.1, 0.15) is 17.5 Å². The average molecular weight is 226 g/mol. The highest BCUT2D eigenvalue weighted by Gasteiger charge is 2.19. The van der Waals surface area contributed by atoms with Gasteiger partial charge in [0.05, 0.1) is 0 Å². The summed E-state index contributed by atoms with van der Waals surface area (Å²) >= 11 is 0. The number of rotatable bonds is 3. The maximum Gasteiger partial charge on any atom is 0.289 e. The minimum atomic E-state index is -0.631. The van der Waals surface area contributed by atoms with Gasteiger partial charge in [0.1, 0.15) is 6.04 Å². The van der Waals surface area contributed by atoms with E-state index >= 15 is 0 Å².